The van der Waals surface area contributed by atoms with Gasteiger partial charge in [0.1, 0.15) is 0 Å². The summed E-state index contributed by atoms with van der Waals surface area (Å²) in [5.74, 6) is 0.753. The van der Waals surface area contributed by atoms with Crippen molar-refractivity contribution in [2.24, 2.45) is 0 Å². The molecule has 1 aromatic rings. The first-order chi connectivity index (χ1) is 6.97. The van der Waals surface area contributed by atoms with E-state index in [9.17, 15) is 0 Å². The molecule has 74 valence electrons. The van der Waals surface area contributed by atoms with E-state index in [4.69, 9.17) is 0 Å². The molecule has 0 amide bonds. The van der Waals surface area contributed by atoms with Crippen LogP contribution in [0.25, 0.3) is 0 Å². The van der Waals surface area contributed by atoms with Crippen molar-refractivity contribution in [1.29, 1.82) is 0 Å². The normalized spacial score (nSPS) is 25.0. The zero-order valence-corrected chi connectivity index (χ0v) is 8.52. The zero-order valence-electron chi connectivity index (χ0n) is 8.52. The minimum absolute atomic E-state index is 0.753. The van der Waals surface area contributed by atoms with E-state index in [-0.39, 0.29) is 0 Å². The molecular weight excluding hydrogens is 170 g/mol. The minimum atomic E-state index is 0.753. The van der Waals surface area contributed by atoms with Gasteiger partial charge in [-0.25, -0.2) is 0 Å². The number of hydrogen-bond acceptors (Lipinski definition) is 1. The average molecular weight is 187 g/mol. The Morgan fingerprint density at radius 2 is 1.79 bits per heavy atom. The highest BCUT2D eigenvalue weighted by Crippen LogP contribution is 2.28. The molecule has 1 heterocycles. The maximum Gasteiger partial charge on any atom is 0.0270 e. The van der Waals surface area contributed by atoms with Crippen molar-refractivity contribution in [1.82, 2.24) is 4.98 Å². The highest BCUT2D eigenvalue weighted by Gasteiger charge is 2.10. The lowest BCUT2D eigenvalue weighted by Crippen LogP contribution is -2.00. The highest BCUT2D eigenvalue weighted by atomic mass is 14.6. The van der Waals surface area contributed by atoms with Crippen LogP contribution in [0.1, 0.15) is 43.6 Å². The standard InChI is InChI=1S/C13H17N/c1-2-4-6-12(7-5-3-1)13-8-10-14-11-9-13/h1-2,8-12H,3-7H2/b2-1-. The Hall–Kier alpha value is -1.11. The highest BCUT2D eigenvalue weighted by molar-refractivity contribution is 5.16. The van der Waals surface area contributed by atoms with E-state index in [1.807, 2.05) is 12.4 Å². The van der Waals surface area contributed by atoms with Crippen molar-refractivity contribution < 1.29 is 0 Å². The molecule has 1 aromatic heterocycles. The SMILES string of the molecule is C1=C\CCC(c2ccncc2)CCC/1. The lowest BCUT2D eigenvalue weighted by atomic mass is 9.88. The van der Waals surface area contributed by atoms with Crippen LogP contribution in [0.4, 0.5) is 0 Å². The first kappa shape index (κ1) is 9.45. The predicted molar refractivity (Wildman–Crippen MR) is 59.2 cm³/mol. The quantitative estimate of drug-likeness (QED) is 0.611. The Bertz CT molecular complexity index is 289. The molecule has 0 spiro atoms. The van der Waals surface area contributed by atoms with Crippen LogP contribution >= 0.6 is 0 Å². The number of rotatable bonds is 1. The van der Waals surface area contributed by atoms with E-state index in [1.165, 1.54) is 37.7 Å². The number of nitrogens with zero attached hydrogens (tertiary/aromatic N) is 1. The van der Waals surface area contributed by atoms with Gasteiger partial charge in [-0.3, -0.25) is 4.98 Å². The third-order valence-corrected chi connectivity index (χ3v) is 2.95. The summed E-state index contributed by atoms with van der Waals surface area (Å²) < 4.78 is 0. The second-order valence-corrected chi connectivity index (χ2v) is 3.96. The van der Waals surface area contributed by atoms with E-state index >= 15 is 0 Å². The van der Waals surface area contributed by atoms with Crippen molar-refractivity contribution in [2.75, 3.05) is 0 Å². The largest absolute Gasteiger partial charge is 0.265 e. The van der Waals surface area contributed by atoms with Crippen LogP contribution < -0.4 is 0 Å². The first-order valence-corrected chi connectivity index (χ1v) is 5.52. The maximum atomic E-state index is 4.07. The van der Waals surface area contributed by atoms with Gasteiger partial charge in [0.25, 0.3) is 0 Å². The summed E-state index contributed by atoms with van der Waals surface area (Å²) >= 11 is 0. The average Bonchev–Trinajstić information content (AvgIpc) is 2.18. The summed E-state index contributed by atoms with van der Waals surface area (Å²) in [6, 6.07) is 4.33. The molecular formula is C13H17N. The molecule has 14 heavy (non-hydrogen) atoms. The van der Waals surface area contributed by atoms with Crippen molar-refractivity contribution in [3.63, 3.8) is 0 Å². The van der Waals surface area contributed by atoms with E-state index in [1.54, 1.807) is 0 Å². The number of aromatic nitrogens is 1. The second kappa shape index (κ2) is 4.94. The summed E-state index contributed by atoms with van der Waals surface area (Å²) in [5, 5.41) is 0. The predicted octanol–water partition coefficient (Wildman–Crippen LogP) is 3.69. The van der Waals surface area contributed by atoms with E-state index in [0.29, 0.717) is 0 Å². The monoisotopic (exact) mass is 187 g/mol. The van der Waals surface area contributed by atoms with Crippen LogP contribution in [0.2, 0.25) is 0 Å². The van der Waals surface area contributed by atoms with Gasteiger partial charge in [-0.15, -0.1) is 0 Å². The van der Waals surface area contributed by atoms with Gasteiger partial charge in [0, 0.05) is 12.4 Å². The lowest BCUT2D eigenvalue weighted by molar-refractivity contribution is 0.550. The lowest BCUT2D eigenvalue weighted by Gasteiger charge is -2.17. The molecule has 1 atom stereocenters. The van der Waals surface area contributed by atoms with Crippen molar-refractivity contribution >= 4 is 0 Å². The van der Waals surface area contributed by atoms with E-state index in [2.05, 4.69) is 29.3 Å². The van der Waals surface area contributed by atoms with Crippen molar-refractivity contribution in [2.45, 2.75) is 38.0 Å². The maximum absolute atomic E-state index is 4.07. The molecule has 2 rings (SSSR count). The molecule has 0 saturated heterocycles. The smallest absolute Gasteiger partial charge is 0.0270 e. The van der Waals surface area contributed by atoms with Gasteiger partial charge in [-0.1, -0.05) is 12.2 Å². The Balaban J connectivity index is 2.06. The molecule has 0 radical (unpaired) electrons. The van der Waals surface area contributed by atoms with Gasteiger partial charge in [0.2, 0.25) is 0 Å². The molecule has 1 unspecified atom stereocenters. The Labute approximate surface area is 85.9 Å². The Kier molecular flexibility index (Phi) is 3.33. The number of hydrogen-bond donors (Lipinski definition) is 0. The van der Waals surface area contributed by atoms with Gasteiger partial charge >= 0.3 is 0 Å². The molecule has 1 nitrogen and oxygen atoms in total. The molecule has 0 aromatic carbocycles. The summed E-state index contributed by atoms with van der Waals surface area (Å²) in [6.45, 7) is 0. The van der Waals surface area contributed by atoms with Crippen LogP contribution in [0.5, 0.6) is 0 Å². The second-order valence-electron chi connectivity index (χ2n) is 3.96. The van der Waals surface area contributed by atoms with Crippen LogP contribution in [0.3, 0.4) is 0 Å². The molecule has 1 aliphatic carbocycles. The minimum Gasteiger partial charge on any atom is -0.265 e. The van der Waals surface area contributed by atoms with Gasteiger partial charge in [-0.2, -0.15) is 0 Å². The Morgan fingerprint density at radius 1 is 1.00 bits per heavy atom. The molecule has 0 N–H and O–H groups in total. The first-order valence-electron chi connectivity index (χ1n) is 5.52. The molecule has 1 aliphatic rings. The molecule has 0 saturated carbocycles. The van der Waals surface area contributed by atoms with Gasteiger partial charge in [0.05, 0.1) is 0 Å². The third-order valence-electron chi connectivity index (χ3n) is 2.95. The third kappa shape index (κ3) is 2.44. The van der Waals surface area contributed by atoms with Crippen LogP contribution in [0.15, 0.2) is 36.7 Å². The van der Waals surface area contributed by atoms with Gasteiger partial charge < -0.3 is 0 Å². The summed E-state index contributed by atoms with van der Waals surface area (Å²) in [4.78, 5) is 4.07. The molecule has 1 heteroatoms. The fourth-order valence-corrected chi connectivity index (χ4v) is 2.13. The molecule has 0 bridgehead atoms. The number of pyridine rings is 1. The molecule has 0 fully saturated rings. The zero-order chi connectivity index (χ0) is 9.64. The molecule has 0 aliphatic heterocycles. The Morgan fingerprint density at radius 3 is 2.64 bits per heavy atom. The van der Waals surface area contributed by atoms with Crippen LogP contribution in [0, 0.1) is 0 Å². The van der Waals surface area contributed by atoms with Crippen LogP contribution in [-0.4, -0.2) is 4.98 Å². The number of allylic oxidation sites excluding steroid dienone is 2. The summed E-state index contributed by atoms with van der Waals surface area (Å²) in [6.07, 6.45) is 14.9. The summed E-state index contributed by atoms with van der Waals surface area (Å²) in [5.41, 5.74) is 1.47. The summed E-state index contributed by atoms with van der Waals surface area (Å²) in [7, 11) is 0. The van der Waals surface area contributed by atoms with E-state index in [0.717, 1.165) is 5.92 Å². The van der Waals surface area contributed by atoms with Crippen molar-refractivity contribution in [3.8, 4) is 0 Å². The fraction of sp³-hybridized carbons (Fsp3) is 0.462. The van der Waals surface area contributed by atoms with Crippen molar-refractivity contribution in [3.05, 3.63) is 42.2 Å². The van der Waals surface area contributed by atoms with Crippen LogP contribution in [-0.2, 0) is 0 Å². The topological polar surface area (TPSA) is 12.9 Å². The fourth-order valence-electron chi connectivity index (χ4n) is 2.13. The van der Waals surface area contributed by atoms with Gasteiger partial charge in [0.15, 0.2) is 0 Å². The van der Waals surface area contributed by atoms with E-state index < -0.39 is 0 Å². The van der Waals surface area contributed by atoms with Gasteiger partial charge in [-0.05, 0) is 55.7 Å².